The van der Waals surface area contributed by atoms with Crippen LogP contribution in [0.3, 0.4) is 0 Å². The van der Waals surface area contributed by atoms with Crippen molar-refractivity contribution in [1.29, 1.82) is 5.26 Å². The van der Waals surface area contributed by atoms with E-state index in [4.69, 9.17) is 20.5 Å². The number of nitrogens with one attached hydrogen (secondary N) is 1. The normalized spacial score (nSPS) is 17.2. The first-order chi connectivity index (χ1) is 18.8. The van der Waals surface area contributed by atoms with Crippen LogP contribution < -0.4 is 15.8 Å². The monoisotopic (exact) mass is 570 g/mol. The molecule has 1 saturated carbocycles. The van der Waals surface area contributed by atoms with Gasteiger partial charge in [-0.25, -0.2) is 9.10 Å². The molecule has 1 fully saturated rings. The fourth-order valence-electron chi connectivity index (χ4n) is 5.00. The summed E-state index contributed by atoms with van der Waals surface area (Å²) in [5.74, 6) is 1.26. The molecule has 0 aromatic heterocycles. The van der Waals surface area contributed by atoms with Gasteiger partial charge in [-0.05, 0) is 88.9 Å². The maximum absolute atomic E-state index is 11.4. The first-order valence-electron chi connectivity index (χ1n) is 13.7. The predicted molar refractivity (Wildman–Crippen MR) is 165 cm³/mol. The Morgan fingerprint density at radius 2 is 1.95 bits per heavy atom. The van der Waals surface area contributed by atoms with E-state index in [0.717, 1.165) is 52.3 Å². The zero-order valence-corrected chi connectivity index (χ0v) is 26.2. The number of amidine groups is 1. The summed E-state index contributed by atoms with van der Waals surface area (Å²) in [4.78, 5) is 20.9. The van der Waals surface area contributed by atoms with Gasteiger partial charge in [-0.1, -0.05) is 33.1 Å². The van der Waals surface area contributed by atoms with Crippen molar-refractivity contribution in [3.05, 3.63) is 28.8 Å². The molecule has 1 aromatic carbocycles. The third-order valence-electron chi connectivity index (χ3n) is 6.75. The number of nitrogens with zero attached hydrogens (tertiary/aromatic N) is 4. The Morgan fingerprint density at radius 1 is 1.30 bits per heavy atom. The van der Waals surface area contributed by atoms with Gasteiger partial charge < -0.3 is 20.5 Å². The van der Waals surface area contributed by atoms with E-state index < -0.39 is 5.60 Å². The van der Waals surface area contributed by atoms with Gasteiger partial charge in [0.05, 0.1) is 30.3 Å². The first kappa shape index (κ1) is 33.2. The van der Waals surface area contributed by atoms with Crippen LogP contribution in [0, 0.1) is 16.7 Å². The smallest absolute Gasteiger partial charge is 0.407 e. The van der Waals surface area contributed by atoms with Gasteiger partial charge in [0.15, 0.2) is 0 Å². The summed E-state index contributed by atoms with van der Waals surface area (Å²) in [6.07, 6.45) is 6.42. The number of ether oxygens (including phenoxy) is 2. The number of benzene rings is 1. The molecule has 0 bridgehead atoms. The fourth-order valence-corrected chi connectivity index (χ4v) is 5.97. The lowest BCUT2D eigenvalue weighted by Crippen LogP contribution is -2.39. The molecule has 3 N–H and O–H groups in total. The third-order valence-corrected chi connectivity index (χ3v) is 7.82. The van der Waals surface area contributed by atoms with Gasteiger partial charge in [0.2, 0.25) is 0 Å². The molecular formula is C30H46N6O3S. The minimum atomic E-state index is -0.390. The molecule has 0 spiro atoms. The third kappa shape index (κ3) is 9.00. The van der Waals surface area contributed by atoms with Gasteiger partial charge >= 0.3 is 6.09 Å². The average Bonchev–Trinajstić information content (AvgIpc) is 2.87. The number of hydrogen-bond donors (Lipinski definition) is 2. The Labute approximate surface area is 244 Å². The van der Waals surface area contributed by atoms with Crippen molar-refractivity contribution in [2.24, 2.45) is 21.1 Å². The summed E-state index contributed by atoms with van der Waals surface area (Å²) in [5.41, 5.74) is 9.31. The van der Waals surface area contributed by atoms with Gasteiger partial charge in [0, 0.05) is 24.2 Å². The molecule has 0 atom stereocenters. The number of nitrogens with two attached hydrogens (primary N) is 1. The van der Waals surface area contributed by atoms with E-state index in [9.17, 15) is 4.79 Å². The van der Waals surface area contributed by atoms with Crippen molar-refractivity contribution >= 4 is 36.3 Å². The van der Waals surface area contributed by atoms with E-state index in [1.165, 1.54) is 31.2 Å². The lowest BCUT2D eigenvalue weighted by atomic mass is 9.71. The predicted octanol–water partition coefficient (Wildman–Crippen LogP) is 5.98. The van der Waals surface area contributed by atoms with Crippen molar-refractivity contribution in [2.75, 3.05) is 27.7 Å². The van der Waals surface area contributed by atoms with Crippen LogP contribution in [0.2, 0.25) is 0 Å². The largest absolute Gasteiger partial charge is 0.496 e. The SMILES string of the molecule is C=NC1=C(C(N)=NC)C(C)(C)Cc2c1ccc(OC)c2SN(C)CC#N.CC(C)(C)OC(=O)NC1CCCCC1. The molecule has 10 heteroatoms. The number of rotatable bonds is 7. The summed E-state index contributed by atoms with van der Waals surface area (Å²) in [6.45, 7) is 14.0. The molecular weight excluding hydrogens is 524 g/mol. The molecule has 9 nitrogen and oxygen atoms in total. The molecule has 0 radical (unpaired) electrons. The standard InChI is InChI=1S/C19H25N5OS.C11H21NO2/c1-19(2)11-13-12(16(22-3)15(19)18(21)23-4)7-8-14(25-6)17(13)26-24(5)10-9-20;1-11(2,3)14-10(13)12-9-7-5-4-6-8-9/h7-8H,3,10-11H2,1-2,4-6H3,(H2,21,23);9H,4-8H2,1-3H3,(H,12,13). The van der Waals surface area contributed by atoms with E-state index in [1.54, 1.807) is 14.2 Å². The van der Waals surface area contributed by atoms with Gasteiger partial charge in [0.25, 0.3) is 0 Å². The Bertz CT molecular complexity index is 1160. The first-order valence-corrected chi connectivity index (χ1v) is 14.4. The molecule has 40 heavy (non-hydrogen) atoms. The number of aliphatic imine (C=N–C) groups is 2. The Morgan fingerprint density at radius 3 is 2.48 bits per heavy atom. The van der Waals surface area contributed by atoms with Gasteiger partial charge in [-0.2, -0.15) is 5.26 Å². The highest BCUT2D eigenvalue weighted by molar-refractivity contribution is 7.97. The fraction of sp³-hybridized carbons (Fsp3) is 0.600. The van der Waals surface area contributed by atoms with Crippen LogP contribution in [-0.2, 0) is 11.2 Å². The van der Waals surface area contributed by atoms with Gasteiger partial charge in [-0.15, -0.1) is 0 Å². The zero-order chi connectivity index (χ0) is 30.1. The number of nitriles is 1. The van der Waals surface area contributed by atoms with Crippen molar-refractivity contribution in [1.82, 2.24) is 9.62 Å². The quantitative estimate of drug-likeness (QED) is 0.179. The number of hydrogen-bond acceptors (Lipinski definition) is 8. The van der Waals surface area contributed by atoms with E-state index in [-0.39, 0.29) is 11.5 Å². The summed E-state index contributed by atoms with van der Waals surface area (Å²) in [7, 11) is 5.22. The molecule has 2 aliphatic carbocycles. The van der Waals surface area contributed by atoms with E-state index in [2.05, 4.69) is 41.9 Å². The zero-order valence-electron chi connectivity index (χ0n) is 25.4. The van der Waals surface area contributed by atoms with Crippen LogP contribution in [0.5, 0.6) is 5.75 Å². The molecule has 1 amide bonds. The second kappa shape index (κ2) is 14.6. The lowest BCUT2D eigenvalue weighted by Gasteiger charge is -2.36. The van der Waals surface area contributed by atoms with Gasteiger partial charge in [0.1, 0.15) is 17.2 Å². The van der Waals surface area contributed by atoms with Crippen molar-refractivity contribution in [3.8, 4) is 11.8 Å². The lowest BCUT2D eigenvalue weighted by molar-refractivity contribution is 0.0493. The number of carbonyl (C=O) groups is 1. The Kier molecular flexibility index (Phi) is 12.1. The molecule has 0 aliphatic heterocycles. The maximum atomic E-state index is 11.4. The molecule has 0 heterocycles. The number of carbonyl (C=O) groups excluding carboxylic acids is 1. The average molecular weight is 571 g/mol. The number of fused-ring (bicyclic) bond motifs is 1. The summed E-state index contributed by atoms with van der Waals surface area (Å²) < 4.78 is 12.7. The minimum Gasteiger partial charge on any atom is -0.496 e. The van der Waals surface area contributed by atoms with Crippen molar-refractivity contribution in [3.63, 3.8) is 0 Å². The van der Waals surface area contributed by atoms with E-state index >= 15 is 0 Å². The van der Waals surface area contributed by atoms with Crippen LogP contribution in [0.1, 0.15) is 77.8 Å². The van der Waals surface area contributed by atoms with Crippen LogP contribution in [0.25, 0.3) is 5.70 Å². The maximum Gasteiger partial charge on any atom is 0.407 e. The van der Waals surface area contributed by atoms with E-state index in [1.807, 2.05) is 44.3 Å². The summed E-state index contributed by atoms with van der Waals surface area (Å²) in [6, 6.07) is 6.41. The number of alkyl carbamates (subject to hydrolysis) is 1. The molecule has 3 rings (SSSR count). The number of methoxy groups -OCH3 is 1. The van der Waals surface area contributed by atoms with Crippen LogP contribution >= 0.6 is 11.9 Å². The topological polar surface area (TPSA) is 125 Å². The van der Waals surface area contributed by atoms with Crippen molar-refractivity contribution < 1.29 is 14.3 Å². The highest BCUT2D eigenvalue weighted by Crippen LogP contribution is 2.48. The molecule has 1 aromatic rings. The molecule has 0 saturated heterocycles. The summed E-state index contributed by atoms with van der Waals surface area (Å²) in [5, 5.41) is 11.9. The molecule has 220 valence electrons. The summed E-state index contributed by atoms with van der Waals surface area (Å²) >= 11 is 1.50. The minimum absolute atomic E-state index is 0.261. The highest BCUT2D eigenvalue weighted by atomic mass is 32.2. The van der Waals surface area contributed by atoms with Gasteiger partial charge in [-0.3, -0.25) is 9.98 Å². The van der Waals surface area contributed by atoms with Crippen LogP contribution in [0.15, 0.2) is 32.6 Å². The molecule has 2 aliphatic rings. The van der Waals surface area contributed by atoms with Crippen molar-refractivity contribution in [2.45, 2.75) is 89.7 Å². The Balaban J connectivity index is 0.000000337. The Hall–Kier alpha value is -3.03. The second-order valence-electron chi connectivity index (χ2n) is 11.7. The van der Waals surface area contributed by atoms with E-state index in [0.29, 0.717) is 18.4 Å². The second-order valence-corrected chi connectivity index (χ2v) is 12.9. The number of amides is 1. The highest BCUT2D eigenvalue weighted by Gasteiger charge is 2.37. The molecule has 0 unspecified atom stereocenters. The van der Waals surface area contributed by atoms with Crippen LogP contribution in [0.4, 0.5) is 4.79 Å². The van der Waals surface area contributed by atoms with Crippen LogP contribution in [-0.4, -0.2) is 62.3 Å².